The molecule has 0 nitrogen and oxygen atoms in total. The third-order valence-electron chi connectivity index (χ3n) is 5.79. The minimum absolute atomic E-state index is 1.13. The molecule has 0 atom stereocenters. The lowest BCUT2D eigenvalue weighted by Gasteiger charge is -2.26. The summed E-state index contributed by atoms with van der Waals surface area (Å²) in [5.41, 5.74) is 11.5. The number of halogens is 1. The van der Waals surface area contributed by atoms with Crippen molar-refractivity contribution in [3.05, 3.63) is 50.0 Å². The van der Waals surface area contributed by atoms with E-state index in [1.165, 1.54) is 62.3 Å². The molecule has 1 aromatic carbocycles. The molecule has 4 rings (SSSR count). The highest BCUT2D eigenvalue weighted by atomic mass is 79.9. The van der Waals surface area contributed by atoms with Crippen LogP contribution >= 0.6 is 15.9 Å². The van der Waals surface area contributed by atoms with Crippen molar-refractivity contribution in [3.63, 3.8) is 0 Å². The largest absolute Gasteiger partial charge is 0.0723 e. The van der Waals surface area contributed by atoms with Crippen molar-refractivity contribution >= 4 is 21.5 Å². The van der Waals surface area contributed by atoms with Gasteiger partial charge in [0, 0.05) is 4.47 Å². The summed E-state index contributed by atoms with van der Waals surface area (Å²) in [6.07, 6.45) is 15.6. The number of aryl methyl sites for hydroxylation is 1. The van der Waals surface area contributed by atoms with E-state index in [1.807, 2.05) is 0 Å². The van der Waals surface area contributed by atoms with Crippen LogP contribution in [0.5, 0.6) is 0 Å². The first-order valence-electron chi connectivity index (χ1n) is 9.04. The van der Waals surface area contributed by atoms with Crippen LogP contribution in [0.3, 0.4) is 0 Å². The Hall–Kier alpha value is -0.820. The van der Waals surface area contributed by atoms with Gasteiger partial charge in [-0.1, -0.05) is 34.5 Å². The maximum absolute atomic E-state index is 3.88. The molecular weight excluding hydrogens is 332 g/mol. The third-order valence-corrected chi connectivity index (χ3v) is 6.49. The fraction of sp³-hybridized carbons (Fsp3) is 0.524. The highest BCUT2D eigenvalue weighted by Crippen LogP contribution is 2.46. The van der Waals surface area contributed by atoms with E-state index >= 15 is 0 Å². The molecule has 0 unspecified atom stereocenters. The standard InChI is InChI=1S/C21H25Br/c1-2-16-20(22)13-15-8-4-6-10-18(15)21(16)19-12-11-14-7-3-5-9-17(14)19/h12-13H,2-11H2,1H3. The van der Waals surface area contributed by atoms with Gasteiger partial charge in [-0.3, -0.25) is 0 Å². The van der Waals surface area contributed by atoms with Crippen molar-refractivity contribution in [1.29, 1.82) is 0 Å². The lowest BCUT2D eigenvalue weighted by Crippen LogP contribution is -2.10. The molecular formula is C21H25Br. The van der Waals surface area contributed by atoms with Gasteiger partial charge in [0.05, 0.1) is 0 Å². The van der Waals surface area contributed by atoms with E-state index < -0.39 is 0 Å². The summed E-state index contributed by atoms with van der Waals surface area (Å²) in [4.78, 5) is 0. The van der Waals surface area contributed by atoms with Crippen molar-refractivity contribution in [2.24, 2.45) is 0 Å². The summed E-state index contributed by atoms with van der Waals surface area (Å²) in [5.74, 6) is 0. The predicted octanol–water partition coefficient (Wildman–Crippen LogP) is 6.55. The van der Waals surface area contributed by atoms with Gasteiger partial charge < -0.3 is 0 Å². The van der Waals surface area contributed by atoms with Crippen LogP contribution < -0.4 is 0 Å². The van der Waals surface area contributed by atoms with Crippen LogP contribution in [0.25, 0.3) is 5.57 Å². The van der Waals surface area contributed by atoms with Gasteiger partial charge in [0.15, 0.2) is 0 Å². The first-order chi connectivity index (χ1) is 10.8. The molecule has 0 bridgehead atoms. The van der Waals surface area contributed by atoms with Crippen molar-refractivity contribution < 1.29 is 0 Å². The highest BCUT2D eigenvalue weighted by molar-refractivity contribution is 9.10. The summed E-state index contributed by atoms with van der Waals surface area (Å²) in [6, 6.07) is 2.42. The maximum Gasteiger partial charge on any atom is 0.0216 e. The molecule has 0 N–H and O–H groups in total. The molecule has 0 radical (unpaired) electrons. The Kier molecular flexibility index (Phi) is 4.02. The zero-order valence-electron chi connectivity index (χ0n) is 13.6. The molecule has 0 heterocycles. The van der Waals surface area contributed by atoms with E-state index in [9.17, 15) is 0 Å². The van der Waals surface area contributed by atoms with Gasteiger partial charge >= 0.3 is 0 Å². The van der Waals surface area contributed by atoms with E-state index in [2.05, 4.69) is 35.0 Å². The van der Waals surface area contributed by atoms with Crippen LogP contribution in [0.4, 0.5) is 0 Å². The number of allylic oxidation sites excluding steroid dienone is 4. The number of benzene rings is 1. The second kappa shape index (κ2) is 6.00. The smallest absolute Gasteiger partial charge is 0.0216 e. The molecule has 0 amide bonds. The second-order valence-corrected chi connectivity index (χ2v) is 7.88. The van der Waals surface area contributed by atoms with Gasteiger partial charge in [0.1, 0.15) is 0 Å². The maximum atomic E-state index is 3.88. The zero-order chi connectivity index (χ0) is 15.1. The molecule has 0 aliphatic heterocycles. The summed E-state index contributed by atoms with van der Waals surface area (Å²) in [5, 5.41) is 0. The van der Waals surface area contributed by atoms with Gasteiger partial charge in [0.25, 0.3) is 0 Å². The van der Waals surface area contributed by atoms with Crippen LogP contribution in [0.15, 0.2) is 27.8 Å². The van der Waals surface area contributed by atoms with Crippen molar-refractivity contribution in [2.75, 3.05) is 0 Å². The average molecular weight is 357 g/mol. The molecule has 0 fully saturated rings. The Balaban J connectivity index is 1.91. The van der Waals surface area contributed by atoms with Crippen LogP contribution in [-0.2, 0) is 19.3 Å². The molecule has 0 aromatic heterocycles. The van der Waals surface area contributed by atoms with E-state index in [-0.39, 0.29) is 0 Å². The van der Waals surface area contributed by atoms with Gasteiger partial charge in [-0.2, -0.15) is 0 Å². The van der Waals surface area contributed by atoms with Gasteiger partial charge in [-0.25, -0.2) is 0 Å². The van der Waals surface area contributed by atoms with Crippen molar-refractivity contribution in [1.82, 2.24) is 0 Å². The van der Waals surface area contributed by atoms with Gasteiger partial charge in [-0.15, -0.1) is 0 Å². The second-order valence-electron chi connectivity index (χ2n) is 7.02. The summed E-state index contributed by atoms with van der Waals surface area (Å²) < 4.78 is 1.34. The molecule has 22 heavy (non-hydrogen) atoms. The SMILES string of the molecule is CCc1c(Br)cc2c(c1C1=CCC3=C1CCCC3)CCCC2. The van der Waals surface area contributed by atoms with Gasteiger partial charge in [0.2, 0.25) is 0 Å². The molecule has 1 heteroatoms. The molecule has 0 spiro atoms. The number of rotatable bonds is 2. The van der Waals surface area contributed by atoms with Crippen molar-refractivity contribution in [2.45, 2.75) is 71.1 Å². The summed E-state index contributed by atoms with van der Waals surface area (Å²) in [7, 11) is 0. The van der Waals surface area contributed by atoms with Crippen LogP contribution in [0.1, 0.15) is 74.1 Å². The Labute approximate surface area is 142 Å². The average Bonchev–Trinajstić information content (AvgIpc) is 2.97. The predicted molar refractivity (Wildman–Crippen MR) is 98.3 cm³/mol. The third kappa shape index (κ3) is 2.33. The summed E-state index contributed by atoms with van der Waals surface area (Å²) in [6.45, 7) is 2.31. The molecule has 1 aromatic rings. The first-order valence-corrected chi connectivity index (χ1v) is 9.83. The zero-order valence-corrected chi connectivity index (χ0v) is 15.2. The van der Waals surface area contributed by atoms with E-state index in [0.717, 1.165) is 6.42 Å². The van der Waals surface area contributed by atoms with E-state index in [0.29, 0.717) is 0 Å². The Morgan fingerprint density at radius 3 is 2.64 bits per heavy atom. The molecule has 116 valence electrons. The van der Waals surface area contributed by atoms with E-state index in [1.54, 1.807) is 39.0 Å². The Bertz CT molecular complexity index is 676. The fourth-order valence-corrected chi connectivity index (χ4v) is 5.46. The quantitative estimate of drug-likeness (QED) is 0.563. The number of hydrogen-bond donors (Lipinski definition) is 0. The number of fused-ring (bicyclic) bond motifs is 1. The molecule has 3 aliphatic carbocycles. The molecule has 0 saturated carbocycles. The molecule has 0 saturated heterocycles. The minimum atomic E-state index is 1.13. The number of hydrogen-bond acceptors (Lipinski definition) is 0. The topological polar surface area (TPSA) is 0 Å². The van der Waals surface area contributed by atoms with Crippen LogP contribution in [0.2, 0.25) is 0 Å². The fourth-order valence-electron chi connectivity index (χ4n) is 4.71. The Morgan fingerprint density at radius 1 is 1.00 bits per heavy atom. The van der Waals surface area contributed by atoms with E-state index in [4.69, 9.17) is 0 Å². The van der Waals surface area contributed by atoms with Crippen LogP contribution in [0, 0.1) is 0 Å². The summed E-state index contributed by atoms with van der Waals surface area (Å²) >= 11 is 3.88. The minimum Gasteiger partial charge on any atom is -0.0723 e. The van der Waals surface area contributed by atoms with Crippen LogP contribution in [-0.4, -0.2) is 0 Å². The first kappa shape index (κ1) is 14.8. The molecule has 3 aliphatic rings. The normalized spacial score (nSPS) is 20.7. The van der Waals surface area contributed by atoms with Gasteiger partial charge in [-0.05, 0) is 104 Å². The highest BCUT2D eigenvalue weighted by Gasteiger charge is 2.27. The monoisotopic (exact) mass is 356 g/mol. The van der Waals surface area contributed by atoms with Crippen molar-refractivity contribution in [3.8, 4) is 0 Å². The lowest BCUT2D eigenvalue weighted by atomic mass is 9.79. The lowest BCUT2D eigenvalue weighted by molar-refractivity contribution is 0.677. The Morgan fingerprint density at radius 2 is 1.77 bits per heavy atom.